The van der Waals surface area contributed by atoms with E-state index in [0.29, 0.717) is 5.92 Å². The quantitative estimate of drug-likeness (QED) is 0.804. The zero-order chi connectivity index (χ0) is 13.7. The van der Waals surface area contributed by atoms with E-state index in [2.05, 4.69) is 17.6 Å². The van der Waals surface area contributed by atoms with Crippen LogP contribution in [0.5, 0.6) is 0 Å². The Bertz CT molecular complexity index is 302. The van der Waals surface area contributed by atoms with Crippen molar-refractivity contribution in [2.45, 2.75) is 65.5 Å². The third kappa shape index (κ3) is 4.31. The minimum Gasteiger partial charge on any atom is -0.351 e. The fourth-order valence-corrected chi connectivity index (χ4v) is 2.56. The van der Waals surface area contributed by atoms with Crippen molar-refractivity contribution in [3.63, 3.8) is 0 Å². The predicted octanol–water partition coefficient (Wildman–Crippen LogP) is 1.84. The van der Waals surface area contributed by atoms with Gasteiger partial charge in [0.2, 0.25) is 11.8 Å². The first-order valence-electron chi connectivity index (χ1n) is 6.99. The number of carbonyl (C=O) groups excluding carboxylic acids is 2. The average molecular weight is 254 g/mol. The molecule has 4 heteroatoms. The molecule has 0 aromatic carbocycles. The highest BCUT2D eigenvalue weighted by Crippen LogP contribution is 2.23. The standard InChI is InChI=1S/C14H26N2O2/c1-9(2)13(15-11(4)17)14(18)16-12-8-6-5-7-10(12)3/h9-10,12-13H,5-8H2,1-4H3,(H,15,17)(H,16,18). The van der Waals surface area contributed by atoms with Crippen molar-refractivity contribution in [3.8, 4) is 0 Å². The van der Waals surface area contributed by atoms with E-state index in [1.165, 1.54) is 26.2 Å². The van der Waals surface area contributed by atoms with Crippen LogP contribution >= 0.6 is 0 Å². The molecule has 2 amide bonds. The van der Waals surface area contributed by atoms with Gasteiger partial charge < -0.3 is 10.6 Å². The molecule has 1 rings (SSSR count). The van der Waals surface area contributed by atoms with E-state index < -0.39 is 6.04 Å². The molecule has 4 nitrogen and oxygen atoms in total. The van der Waals surface area contributed by atoms with Gasteiger partial charge in [0.15, 0.2) is 0 Å². The molecule has 0 heterocycles. The Labute approximate surface area is 110 Å². The van der Waals surface area contributed by atoms with E-state index in [1.807, 2.05) is 13.8 Å². The van der Waals surface area contributed by atoms with Crippen molar-refractivity contribution in [1.82, 2.24) is 10.6 Å². The van der Waals surface area contributed by atoms with E-state index in [-0.39, 0.29) is 23.8 Å². The first kappa shape index (κ1) is 15.0. The molecule has 104 valence electrons. The van der Waals surface area contributed by atoms with E-state index in [9.17, 15) is 9.59 Å². The molecule has 0 aromatic heterocycles. The van der Waals surface area contributed by atoms with E-state index >= 15 is 0 Å². The molecule has 1 aliphatic carbocycles. The summed E-state index contributed by atoms with van der Waals surface area (Å²) in [7, 11) is 0. The summed E-state index contributed by atoms with van der Waals surface area (Å²) < 4.78 is 0. The highest BCUT2D eigenvalue weighted by Gasteiger charge is 2.28. The van der Waals surface area contributed by atoms with Crippen LogP contribution in [0.4, 0.5) is 0 Å². The number of nitrogens with one attached hydrogen (secondary N) is 2. The maximum absolute atomic E-state index is 12.2. The summed E-state index contributed by atoms with van der Waals surface area (Å²) in [5.74, 6) is 0.445. The van der Waals surface area contributed by atoms with Gasteiger partial charge >= 0.3 is 0 Å². The molecule has 3 atom stereocenters. The molecular weight excluding hydrogens is 228 g/mol. The van der Waals surface area contributed by atoms with Crippen LogP contribution in [0.25, 0.3) is 0 Å². The molecule has 1 fully saturated rings. The summed E-state index contributed by atoms with van der Waals surface area (Å²) in [6.07, 6.45) is 4.67. The van der Waals surface area contributed by atoms with Crippen molar-refractivity contribution < 1.29 is 9.59 Å². The van der Waals surface area contributed by atoms with E-state index in [4.69, 9.17) is 0 Å². The minimum atomic E-state index is -0.420. The lowest BCUT2D eigenvalue weighted by Crippen LogP contribution is -2.53. The molecule has 3 unspecified atom stereocenters. The maximum atomic E-state index is 12.2. The van der Waals surface area contributed by atoms with Crippen LogP contribution in [-0.4, -0.2) is 23.9 Å². The lowest BCUT2D eigenvalue weighted by atomic mass is 9.85. The van der Waals surface area contributed by atoms with Crippen LogP contribution in [0.2, 0.25) is 0 Å². The Morgan fingerprint density at radius 2 is 1.78 bits per heavy atom. The van der Waals surface area contributed by atoms with Crippen LogP contribution in [0.15, 0.2) is 0 Å². The fraction of sp³-hybridized carbons (Fsp3) is 0.857. The zero-order valence-electron chi connectivity index (χ0n) is 12.0. The van der Waals surface area contributed by atoms with Crippen LogP contribution in [0.3, 0.4) is 0 Å². The lowest BCUT2D eigenvalue weighted by molar-refractivity contribution is -0.130. The van der Waals surface area contributed by atoms with Gasteiger partial charge in [0.1, 0.15) is 6.04 Å². The fourth-order valence-electron chi connectivity index (χ4n) is 2.56. The van der Waals surface area contributed by atoms with Gasteiger partial charge in [0.25, 0.3) is 0 Å². The number of hydrogen-bond donors (Lipinski definition) is 2. The second kappa shape index (κ2) is 6.76. The highest BCUT2D eigenvalue weighted by molar-refractivity contribution is 5.87. The summed E-state index contributed by atoms with van der Waals surface area (Å²) >= 11 is 0. The second-order valence-corrected chi connectivity index (χ2v) is 5.80. The van der Waals surface area contributed by atoms with Gasteiger partial charge in [-0.15, -0.1) is 0 Å². The number of carbonyl (C=O) groups is 2. The Balaban J connectivity index is 2.57. The van der Waals surface area contributed by atoms with Gasteiger partial charge in [-0.3, -0.25) is 9.59 Å². The summed E-state index contributed by atoms with van der Waals surface area (Å²) in [5.41, 5.74) is 0. The smallest absolute Gasteiger partial charge is 0.243 e. The van der Waals surface area contributed by atoms with Crippen LogP contribution in [0.1, 0.15) is 53.4 Å². The zero-order valence-corrected chi connectivity index (χ0v) is 12.0. The summed E-state index contributed by atoms with van der Waals surface area (Å²) in [4.78, 5) is 23.3. The molecule has 2 N–H and O–H groups in total. The normalized spacial score (nSPS) is 25.6. The number of rotatable bonds is 4. The summed E-state index contributed by atoms with van der Waals surface area (Å²) in [6, 6.07) is -0.155. The van der Waals surface area contributed by atoms with Crippen molar-refractivity contribution in [1.29, 1.82) is 0 Å². The maximum Gasteiger partial charge on any atom is 0.243 e. The molecule has 1 aliphatic rings. The molecule has 0 saturated heterocycles. The van der Waals surface area contributed by atoms with Crippen molar-refractivity contribution in [2.24, 2.45) is 11.8 Å². The van der Waals surface area contributed by atoms with Crippen molar-refractivity contribution >= 4 is 11.8 Å². The van der Waals surface area contributed by atoms with Gasteiger partial charge in [-0.1, -0.05) is 33.6 Å². The van der Waals surface area contributed by atoms with E-state index in [1.54, 1.807) is 0 Å². The monoisotopic (exact) mass is 254 g/mol. The predicted molar refractivity (Wildman–Crippen MR) is 72.0 cm³/mol. The summed E-state index contributed by atoms with van der Waals surface area (Å²) in [6.45, 7) is 7.54. The van der Waals surface area contributed by atoms with Gasteiger partial charge in [-0.05, 0) is 24.7 Å². The van der Waals surface area contributed by atoms with Gasteiger partial charge in [0.05, 0.1) is 0 Å². The summed E-state index contributed by atoms with van der Waals surface area (Å²) in [5, 5.41) is 5.83. The van der Waals surface area contributed by atoms with E-state index in [0.717, 1.165) is 6.42 Å². The SMILES string of the molecule is CC(=O)NC(C(=O)NC1CCCCC1C)C(C)C. The Morgan fingerprint density at radius 3 is 2.28 bits per heavy atom. The minimum absolute atomic E-state index is 0.0426. The number of hydrogen-bond acceptors (Lipinski definition) is 2. The molecular formula is C14H26N2O2. The molecule has 18 heavy (non-hydrogen) atoms. The van der Waals surface area contributed by atoms with Gasteiger partial charge in [-0.25, -0.2) is 0 Å². The largest absolute Gasteiger partial charge is 0.351 e. The van der Waals surface area contributed by atoms with Crippen LogP contribution < -0.4 is 10.6 Å². The highest BCUT2D eigenvalue weighted by atomic mass is 16.2. The Hall–Kier alpha value is -1.06. The molecule has 0 radical (unpaired) electrons. The van der Waals surface area contributed by atoms with Crippen molar-refractivity contribution in [3.05, 3.63) is 0 Å². The molecule has 0 aromatic rings. The molecule has 0 aliphatic heterocycles. The molecule has 1 saturated carbocycles. The Kier molecular flexibility index (Phi) is 5.63. The lowest BCUT2D eigenvalue weighted by Gasteiger charge is -2.31. The van der Waals surface area contributed by atoms with Crippen molar-refractivity contribution in [2.75, 3.05) is 0 Å². The second-order valence-electron chi connectivity index (χ2n) is 5.80. The van der Waals surface area contributed by atoms with Crippen LogP contribution in [-0.2, 0) is 9.59 Å². The molecule has 0 spiro atoms. The number of amides is 2. The molecule has 0 bridgehead atoms. The Morgan fingerprint density at radius 1 is 1.17 bits per heavy atom. The van der Waals surface area contributed by atoms with Gasteiger partial charge in [-0.2, -0.15) is 0 Å². The van der Waals surface area contributed by atoms with Gasteiger partial charge in [0, 0.05) is 13.0 Å². The average Bonchev–Trinajstić information content (AvgIpc) is 2.28. The third-order valence-corrected chi connectivity index (χ3v) is 3.75. The first-order chi connectivity index (χ1) is 8.41. The topological polar surface area (TPSA) is 58.2 Å². The first-order valence-corrected chi connectivity index (χ1v) is 6.99. The van der Waals surface area contributed by atoms with Crippen LogP contribution in [0, 0.1) is 11.8 Å². The third-order valence-electron chi connectivity index (χ3n) is 3.75.